The van der Waals surface area contributed by atoms with Crippen LogP contribution in [0.1, 0.15) is 57.6 Å². The summed E-state index contributed by atoms with van der Waals surface area (Å²) >= 11 is 0. The minimum atomic E-state index is 0.387. The highest BCUT2D eigenvalue weighted by molar-refractivity contribution is 5.27. The topological polar surface area (TPSA) is 38.0 Å². The van der Waals surface area contributed by atoms with E-state index in [1.165, 1.54) is 36.8 Å². The minimum Gasteiger partial charge on any atom is -0.330 e. The third-order valence-electron chi connectivity index (χ3n) is 3.91. The Bertz CT molecular complexity index is 371. The second-order valence-electron chi connectivity index (χ2n) is 6.53. The van der Waals surface area contributed by atoms with Crippen LogP contribution < -0.4 is 11.1 Å². The average Bonchev–Trinajstić information content (AvgIpc) is 2.41. The number of nitrogens with one attached hydrogen (secondary N) is 1. The maximum Gasteiger partial charge on any atom is 0.0208 e. The zero-order chi connectivity index (χ0) is 14.8. The summed E-state index contributed by atoms with van der Waals surface area (Å²) in [4.78, 5) is 0. The maximum atomic E-state index is 5.67. The van der Waals surface area contributed by atoms with Crippen molar-refractivity contribution in [3.05, 3.63) is 35.4 Å². The number of hydrogen-bond donors (Lipinski definition) is 2. The first-order valence-electron chi connectivity index (χ1n) is 8.06. The molecule has 1 rings (SSSR count). The van der Waals surface area contributed by atoms with E-state index in [-0.39, 0.29) is 0 Å². The smallest absolute Gasteiger partial charge is 0.0208 e. The minimum absolute atomic E-state index is 0.387. The van der Waals surface area contributed by atoms with Gasteiger partial charge in [0.15, 0.2) is 0 Å². The van der Waals surface area contributed by atoms with Gasteiger partial charge in [-0.3, -0.25) is 0 Å². The van der Waals surface area contributed by atoms with Crippen LogP contribution in [0.4, 0.5) is 0 Å². The van der Waals surface area contributed by atoms with Crippen molar-refractivity contribution in [2.45, 2.75) is 59.4 Å². The van der Waals surface area contributed by atoms with Gasteiger partial charge < -0.3 is 11.1 Å². The molecule has 0 heterocycles. The zero-order valence-corrected chi connectivity index (χ0v) is 13.5. The Balaban J connectivity index is 2.39. The normalized spacial score (nSPS) is 11.8. The molecule has 3 N–H and O–H groups in total. The molecule has 20 heavy (non-hydrogen) atoms. The van der Waals surface area contributed by atoms with Crippen molar-refractivity contribution in [2.75, 3.05) is 13.1 Å². The molecule has 0 fully saturated rings. The highest BCUT2D eigenvalue weighted by atomic mass is 14.9. The molecule has 0 spiro atoms. The van der Waals surface area contributed by atoms with Crippen molar-refractivity contribution >= 4 is 0 Å². The quantitative estimate of drug-likeness (QED) is 0.636. The number of hydrogen-bond acceptors (Lipinski definition) is 2. The lowest BCUT2D eigenvalue weighted by atomic mass is 9.87. The van der Waals surface area contributed by atoms with Gasteiger partial charge in [0.05, 0.1) is 0 Å². The predicted molar refractivity (Wildman–Crippen MR) is 88.8 cm³/mol. The van der Waals surface area contributed by atoms with Gasteiger partial charge in [0, 0.05) is 13.1 Å². The van der Waals surface area contributed by atoms with Crippen molar-refractivity contribution in [2.24, 2.45) is 11.1 Å². The molecule has 0 atom stereocenters. The average molecular weight is 276 g/mol. The van der Waals surface area contributed by atoms with Gasteiger partial charge >= 0.3 is 0 Å². The van der Waals surface area contributed by atoms with Crippen molar-refractivity contribution < 1.29 is 0 Å². The molecule has 0 aliphatic heterocycles. The molecule has 114 valence electrons. The fourth-order valence-electron chi connectivity index (χ4n) is 2.61. The predicted octanol–water partition coefficient (Wildman–Crippen LogP) is 3.88. The molecular formula is C18H32N2. The SMILES string of the molecule is CCCCCC(C)(C)CNCc1ccccc1CCN. The van der Waals surface area contributed by atoms with E-state index in [1.807, 2.05) is 0 Å². The third kappa shape index (κ3) is 6.53. The van der Waals surface area contributed by atoms with Crippen LogP contribution in [-0.4, -0.2) is 13.1 Å². The van der Waals surface area contributed by atoms with Gasteiger partial charge in [0.1, 0.15) is 0 Å². The molecule has 0 unspecified atom stereocenters. The van der Waals surface area contributed by atoms with Gasteiger partial charge in [-0.05, 0) is 35.9 Å². The Morgan fingerprint density at radius 3 is 2.45 bits per heavy atom. The maximum absolute atomic E-state index is 5.67. The van der Waals surface area contributed by atoms with E-state index in [0.717, 1.165) is 26.1 Å². The van der Waals surface area contributed by atoms with Crippen molar-refractivity contribution in [1.29, 1.82) is 0 Å². The molecule has 2 heteroatoms. The van der Waals surface area contributed by atoms with Crippen molar-refractivity contribution in [3.63, 3.8) is 0 Å². The highest BCUT2D eigenvalue weighted by Crippen LogP contribution is 2.23. The second-order valence-corrected chi connectivity index (χ2v) is 6.53. The zero-order valence-electron chi connectivity index (χ0n) is 13.5. The van der Waals surface area contributed by atoms with Crippen LogP contribution in [-0.2, 0) is 13.0 Å². The van der Waals surface area contributed by atoms with Crippen molar-refractivity contribution in [1.82, 2.24) is 5.32 Å². The molecule has 1 aromatic carbocycles. The summed E-state index contributed by atoms with van der Waals surface area (Å²) in [6.07, 6.45) is 6.27. The number of rotatable bonds is 10. The van der Waals surface area contributed by atoms with Crippen LogP contribution >= 0.6 is 0 Å². The summed E-state index contributed by atoms with van der Waals surface area (Å²) in [6.45, 7) is 9.74. The summed E-state index contributed by atoms with van der Waals surface area (Å²) in [7, 11) is 0. The van der Waals surface area contributed by atoms with Gasteiger partial charge in [-0.1, -0.05) is 64.3 Å². The van der Waals surface area contributed by atoms with Gasteiger partial charge in [-0.2, -0.15) is 0 Å². The molecule has 0 aromatic heterocycles. The fourth-order valence-corrected chi connectivity index (χ4v) is 2.61. The molecule has 0 saturated heterocycles. The van der Waals surface area contributed by atoms with Crippen LogP contribution in [0.15, 0.2) is 24.3 Å². The summed E-state index contributed by atoms with van der Waals surface area (Å²) < 4.78 is 0. The summed E-state index contributed by atoms with van der Waals surface area (Å²) in [5.41, 5.74) is 8.83. The molecule has 0 radical (unpaired) electrons. The summed E-state index contributed by atoms with van der Waals surface area (Å²) in [5, 5.41) is 3.63. The van der Waals surface area contributed by atoms with Gasteiger partial charge in [-0.15, -0.1) is 0 Å². The third-order valence-corrected chi connectivity index (χ3v) is 3.91. The monoisotopic (exact) mass is 276 g/mol. The molecule has 1 aromatic rings. The Kier molecular flexibility index (Phi) is 7.86. The number of unbranched alkanes of at least 4 members (excludes halogenated alkanes) is 2. The Morgan fingerprint density at radius 2 is 1.80 bits per heavy atom. The fraction of sp³-hybridized carbons (Fsp3) is 0.667. The van der Waals surface area contributed by atoms with Crippen LogP contribution in [0.3, 0.4) is 0 Å². The van der Waals surface area contributed by atoms with Crippen molar-refractivity contribution in [3.8, 4) is 0 Å². The molecule has 0 amide bonds. The van der Waals surface area contributed by atoms with E-state index in [2.05, 4.69) is 50.4 Å². The van der Waals surface area contributed by atoms with E-state index in [9.17, 15) is 0 Å². The van der Waals surface area contributed by atoms with Crippen LogP contribution in [0.25, 0.3) is 0 Å². The van der Waals surface area contributed by atoms with Crippen LogP contribution in [0.5, 0.6) is 0 Å². The van der Waals surface area contributed by atoms with Gasteiger partial charge in [0.2, 0.25) is 0 Å². The van der Waals surface area contributed by atoms with Crippen LogP contribution in [0.2, 0.25) is 0 Å². The van der Waals surface area contributed by atoms with Crippen LogP contribution in [0, 0.1) is 5.41 Å². The van der Waals surface area contributed by atoms with E-state index in [1.54, 1.807) is 0 Å². The number of benzene rings is 1. The van der Waals surface area contributed by atoms with Gasteiger partial charge in [-0.25, -0.2) is 0 Å². The summed E-state index contributed by atoms with van der Waals surface area (Å²) in [5.74, 6) is 0. The molecule has 0 saturated carbocycles. The molecule has 0 aliphatic rings. The molecule has 0 bridgehead atoms. The van der Waals surface area contributed by atoms with Gasteiger partial charge in [0.25, 0.3) is 0 Å². The molecular weight excluding hydrogens is 244 g/mol. The van der Waals surface area contributed by atoms with E-state index < -0.39 is 0 Å². The lowest BCUT2D eigenvalue weighted by molar-refractivity contribution is 0.302. The standard InChI is InChI=1S/C18H32N2/c1-4-5-8-12-18(2,3)15-20-14-17-10-7-6-9-16(17)11-13-19/h6-7,9-10,20H,4-5,8,11-15,19H2,1-3H3. The molecule has 0 aliphatic carbocycles. The lowest BCUT2D eigenvalue weighted by Gasteiger charge is -2.25. The number of nitrogens with two attached hydrogens (primary N) is 1. The first-order valence-corrected chi connectivity index (χ1v) is 8.06. The highest BCUT2D eigenvalue weighted by Gasteiger charge is 2.16. The second kappa shape index (κ2) is 9.15. The Labute approximate surface area is 125 Å². The summed E-state index contributed by atoms with van der Waals surface area (Å²) in [6, 6.07) is 8.62. The first-order chi connectivity index (χ1) is 9.59. The Hall–Kier alpha value is -0.860. The molecule has 2 nitrogen and oxygen atoms in total. The Morgan fingerprint density at radius 1 is 1.10 bits per heavy atom. The lowest BCUT2D eigenvalue weighted by Crippen LogP contribution is -2.29. The first kappa shape index (κ1) is 17.2. The van der Waals surface area contributed by atoms with E-state index >= 15 is 0 Å². The van der Waals surface area contributed by atoms with E-state index in [4.69, 9.17) is 5.73 Å². The largest absolute Gasteiger partial charge is 0.330 e. The van der Waals surface area contributed by atoms with E-state index in [0.29, 0.717) is 5.41 Å².